The molecule has 3 aliphatic rings. The highest BCUT2D eigenvalue weighted by Gasteiger charge is 2.42. The van der Waals surface area contributed by atoms with Gasteiger partial charge in [-0.1, -0.05) is 0 Å². The lowest BCUT2D eigenvalue weighted by Crippen LogP contribution is -2.54. The van der Waals surface area contributed by atoms with Gasteiger partial charge in [0.2, 0.25) is 5.91 Å². The molecule has 3 rings (SSSR count). The number of guanidine groups is 1. The average Bonchev–Trinajstić information content (AvgIpc) is 2.69. The summed E-state index contributed by atoms with van der Waals surface area (Å²) in [5, 5.41) is 6.56. The maximum atomic E-state index is 11.5. The van der Waals surface area contributed by atoms with E-state index in [2.05, 4.69) is 20.5 Å². The predicted octanol–water partition coefficient (Wildman–Crippen LogP) is 0.716. The lowest BCUT2D eigenvalue weighted by molar-refractivity contribution is -0.119. The predicted molar refractivity (Wildman–Crippen MR) is 75.0 cm³/mol. The zero-order valence-corrected chi connectivity index (χ0v) is 11.7. The molecule has 1 unspecified atom stereocenters. The van der Waals surface area contributed by atoms with E-state index in [1.54, 1.807) is 0 Å². The van der Waals surface area contributed by atoms with Gasteiger partial charge in [0.15, 0.2) is 5.96 Å². The quantitative estimate of drug-likeness (QED) is 0.542. The zero-order chi connectivity index (χ0) is 13.3. The molecule has 2 aliphatic heterocycles. The van der Waals surface area contributed by atoms with Gasteiger partial charge < -0.3 is 15.5 Å². The zero-order valence-electron chi connectivity index (χ0n) is 11.7. The Bertz CT molecular complexity index is 391. The van der Waals surface area contributed by atoms with Crippen LogP contribution in [0, 0.1) is 5.41 Å². The smallest absolute Gasteiger partial charge is 0.220 e. The second kappa shape index (κ2) is 5.02. The minimum absolute atomic E-state index is 0.145. The van der Waals surface area contributed by atoms with Crippen molar-refractivity contribution in [2.75, 3.05) is 26.7 Å². The highest BCUT2D eigenvalue weighted by molar-refractivity contribution is 5.82. The largest absolute Gasteiger partial charge is 0.355 e. The fraction of sp³-hybridized carbons (Fsp3) is 0.857. The number of aliphatic imine (C=N–C) groups is 1. The summed E-state index contributed by atoms with van der Waals surface area (Å²) in [5.74, 6) is 1.24. The Morgan fingerprint density at radius 1 is 1.47 bits per heavy atom. The maximum Gasteiger partial charge on any atom is 0.220 e. The topological polar surface area (TPSA) is 56.7 Å². The van der Waals surface area contributed by atoms with Gasteiger partial charge in [0.25, 0.3) is 0 Å². The molecule has 0 aromatic rings. The van der Waals surface area contributed by atoms with Crippen LogP contribution in [0.5, 0.6) is 0 Å². The summed E-state index contributed by atoms with van der Waals surface area (Å²) in [6.45, 7) is 2.85. The number of amides is 1. The van der Waals surface area contributed by atoms with Gasteiger partial charge in [-0.3, -0.25) is 9.79 Å². The second-order valence-corrected chi connectivity index (χ2v) is 6.30. The SMILES string of the molecule is CN=C(NC1CCC1)N1CCCC2(CNC(=O)C2)C1. The normalized spacial score (nSPS) is 32.4. The summed E-state index contributed by atoms with van der Waals surface area (Å²) in [4.78, 5) is 18.3. The number of piperidine rings is 1. The summed E-state index contributed by atoms with van der Waals surface area (Å²) in [5.41, 5.74) is 0.145. The van der Waals surface area contributed by atoms with Gasteiger partial charge in [0.05, 0.1) is 0 Å². The Hall–Kier alpha value is -1.26. The highest BCUT2D eigenvalue weighted by Crippen LogP contribution is 2.36. The third-order valence-corrected chi connectivity index (χ3v) is 4.81. The first-order valence-corrected chi connectivity index (χ1v) is 7.46. The number of rotatable bonds is 1. The van der Waals surface area contributed by atoms with Crippen LogP contribution in [-0.2, 0) is 4.79 Å². The Morgan fingerprint density at radius 3 is 2.89 bits per heavy atom. The molecular formula is C14H24N4O. The summed E-state index contributed by atoms with van der Waals surface area (Å²) in [6.07, 6.45) is 6.85. The van der Waals surface area contributed by atoms with E-state index in [0.717, 1.165) is 38.4 Å². The van der Waals surface area contributed by atoms with Crippen molar-refractivity contribution in [1.29, 1.82) is 0 Å². The standard InChI is InChI=1S/C14H24N4O/c1-15-13(17-11-4-2-5-11)18-7-3-6-14(10-18)8-12(19)16-9-14/h11H,2-10H2,1H3,(H,15,17)(H,16,19). The molecular weight excluding hydrogens is 240 g/mol. The van der Waals surface area contributed by atoms with Crippen LogP contribution in [-0.4, -0.2) is 49.5 Å². The Balaban J connectivity index is 1.64. The molecule has 2 heterocycles. The molecule has 0 aromatic heterocycles. The van der Waals surface area contributed by atoms with E-state index in [4.69, 9.17) is 0 Å². The molecule has 2 saturated heterocycles. The van der Waals surface area contributed by atoms with Crippen molar-refractivity contribution in [2.24, 2.45) is 10.4 Å². The fourth-order valence-electron chi connectivity index (χ4n) is 3.46. The van der Waals surface area contributed by atoms with Crippen molar-refractivity contribution in [3.05, 3.63) is 0 Å². The number of carbonyl (C=O) groups excluding carboxylic acids is 1. The molecule has 1 saturated carbocycles. The lowest BCUT2D eigenvalue weighted by Gasteiger charge is -2.42. The molecule has 1 aliphatic carbocycles. The molecule has 0 bridgehead atoms. The number of carbonyl (C=O) groups is 1. The number of likely N-dealkylation sites (tertiary alicyclic amines) is 1. The third-order valence-electron chi connectivity index (χ3n) is 4.81. The van der Waals surface area contributed by atoms with Crippen LogP contribution in [0.2, 0.25) is 0 Å². The molecule has 1 amide bonds. The molecule has 19 heavy (non-hydrogen) atoms. The van der Waals surface area contributed by atoms with E-state index in [-0.39, 0.29) is 11.3 Å². The van der Waals surface area contributed by atoms with Crippen LogP contribution in [0.25, 0.3) is 0 Å². The minimum Gasteiger partial charge on any atom is -0.355 e. The van der Waals surface area contributed by atoms with E-state index < -0.39 is 0 Å². The Kier molecular flexibility index (Phi) is 3.37. The minimum atomic E-state index is 0.145. The van der Waals surface area contributed by atoms with Gasteiger partial charge in [0, 0.05) is 44.6 Å². The van der Waals surface area contributed by atoms with Crippen molar-refractivity contribution < 1.29 is 4.79 Å². The molecule has 0 aromatic carbocycles. The van der Waals surface area contributed by atoms with Gasteiger partial charge in [-0.15, -0.1) is 0 Å². The highest BCUT2D eigenvalue weighted by atomic mass is 16.1. The number of hydrogen-bond donors (Lipinski definition) is 2. The maximum absolute atomic E-state index is 11.5. The van der Waals surface area contributed by atoms with Gasteiger partial charge >= 0.3 is 0 Å². The van der Waals surface area contributed by atoms with E-state index in [1.165, 1.54) is 19.3 Å². The van der Waals surface area contributed by atoms with Crippen LogP contribution in [0.3, 0.4) is 0 Å². The first kappa shape index (κ1) is 12.8. The molecule has 5 nitrogen and oxygen atoms in total. The van der Waals surface area contributed by atoms with Gasteiger partial charge in [-0.05, 0) is 32.1 Å². The molecule has 3 fully saturated rings. The van der Waals surface area contributed by atoms with Gasteiger partial charge in [0.1, 0.15) is 0 Å². The van der Waals surface area contributed by atoms with Gasteiger partial charge in [-0.25, -0.2) is 0 Å². The van der Waals surface area contributed by atoms with E-state index in [9.17, 15) is 4.79 Å². The van der Waals surface area contributed by atoms with Crippen molar-refractivity contribution in [3.63, 3.8) is 0 Å². The van der Waals surface area contributed by atoms with Crippen LogP contribution >= 0.6 is 0 Å². The van der Waals surface area contributed by atoms with Crippen LogP contribution in [0.1, 0.15) is 38.5 Å². The molecule has 0 radical (unpaired) electrons. The third kappa shape index (κ3) is 2.55. The number of nitrogens with one attached hydrogen (secondary N) is 2. The van der Waals surface area contributed by atoms with Gasteiger partial charge in [-0.2, -0.15) is 0 Å². The Labute approximate surface area is 114 Å². The number of hydrogen-bond acceptors (Lipinski definition) is 2. The molecule has 2 N–H and O–H groups in total. The number of nitrogens with zero attached hydrogens (tertiary/aromatic N) is 2. The van der Waals surface area contributed by atoms with Crippen molar-refractivity contribution in [3.8, 4) is 0 Å². The van der Waals surface area contributed by atoms with Crippen LogP contribution in [0.4, 0.5) is 0 Å². The Morgan fingerprint density at radius 2 is 2.32 bits per heavy atom. The molecule has 1 spiro atoms. The lowest BCUT2D eigenvalue weighted by atomic mass is 9.79. The molecule has 1 atom stereocenters. The van der Waals surface area contributed by atoms with E-state index >= 15 is 0 Å². The second-order valence-electron chi connectivity index (χ2n) is 6.30. The van der Waals surface area contributed by atoms with E-state index in [1.807, 2.05) is 7.05 Å². The summed E-state index contributed by atoms with van der Waals surface area (Å²) < 4.78 is 0. The molecule has 5 heteroatoms. The van der Waals surface area contributed by atoms with Crippen LogP contribution in [0.15, 0.2) is 4.99 Å². The van der Waals surface area contributed by atoms with Crippen LogP contribution < -0.4 is 10.6 Å². The first-order valence-electron chi connectivity index (χ1n) is 7.46. The van der Waals surface area contributed by atoms with Crippen molar-refractivity contribution in [1.82, 2.24) is 15.5 Å². The fourth-order valence-corrected chi connectivity index (χ4v) is 3.46. The summed E-state index contributed by atoms with van der Waals surface area (Å²) in [7, 11) is 1.86. The van der Waals surface area contributed by atoms with Crippen molar-refractivity contribution >= 4 is 11.9 Å². The summed E-state index contributed by atoms with van der Waals surface area (Å²) in [6, 6.07) is 0.611. The average molecular weight is 264 g/mol. The summed E-state index contributed by atoms with van der Waals surface area (Å²) >= 11 is 0. The first-order chi connectivity index (χ1) is 9.21. The van der Waals surface area contributed by atoms with Crippen molar-refractivity contribution in [2.45, 2.75) is 44.6 Å². The van der Waals surface area contributed by atoms with E-state index in [0.29, 0.717) is 12.5 Å². The monoisotopic (exact) mass is 264 g/mol. The molecule has 106 valence electrons.